The first kappa shape index (κ1) is 32.6. The summed E-state index contributed by atoms with van der Waals surface area (Å²) in [7, 11) is 0. The number of amides is 3. The second kappa shape index (κ2) is 13.3. The van der Waals surface area contributed by atoms with E-state index in [1.165, 1.54) is 0 Å². The van der Waals surface area contributed by atoms with Gasteiger partial charge in [0.15, 0.2) is 0 Å². The number of benzene rings is 2. The Bertz CT molecular complexity index is 1420. The minimum Gasteiger partial charge on any atom is -0.394 e. The van der Waals surface area contributed by atoms with Gasteiger partial charge in [-0.3, -0.25) is 14.4 Å². The summed E-state index contributed by atoms with van der Waals surface area (Å²) in [5.41, 5.74) is 2.44. The van der Waals surface area contributed by atoms with Gasteiger partial charge in [0, 0.05) is 25.3 Å². The van der Waals surface area contributed by atoms with Gasteiger partial charge in [-0.05, 0) is 49.3 Å². The summed E-state index contributed by atoms with van der Waals surface area (Å²) in [5, 5.41) is 10.7. The van der Waals surface area contributed by atoms with Gasteiger partial charge in [0.25, 0.3) is 5.91 Å². The molecule has 5 rings (SSSR count). The average molecular weight is 614 g/mol. The molecule has 3 fully saturated rings. The van der Waals surface area contributed by atoms with Gasteiger partial charge in [-0.1, -0.05) is 81.0 Å². The number of rotatable bonds is 13. The van der Waals surface area contributed by atoms with Gasteiger partial charge >= 0.3 is 0 Å². The number of aryl methyl sites for hydroxylation is 2. The number of hydrogen-bond acceptors (Lipinski definition) is 5. The highest BCUT2D eigenvalue weighted by molar-refractivity contribution is 6.05. The summed E-state index contributed by atoms with van der Waals surface area (Å²) in [5.74, 6) is -2.38. The third-order valence-electron chi connectivity index (χ3n) is 10.3. The first-order valence-electron chi connectivity index (χ1n) is 16.2. The highest BCUT2D eigenvalue weighted by Gasteiger charge is 2.75. The number of likely N-dealkylation sites (tertiary alicyclic amines) is 1. The fourth-order valence-corrected chi connectivity index (χ4v) is 8.03. The van der Waals surface area contributed by atoms with E-state index in [1.54, 1.807) is 26.9 Å². The van der Waals surface area contributed by atoms with Crippen molar-refractivity contribution in [3.05, 3.63) is 90.5 Å². The zero-order valence-electron chi connectivity index (χ0n) is 27.0. The predicted octanol–water partition coefficient (Wildman–Crippen LogP) is 4.82. The lowest BCUT2D eigenvalue weighted by Gasteiger charge is -2.41. The number of ether oxygens (including phenoxy) is 1. The van der Waals surface area contributed by atoms with E-state index in [9.17, 15) is 14.7 Å². The smallest absolute Gasteiger partial charge is 0.253 e. The predicted molar refractivity (Wildman–Crippen MR) is 175 cm³/mol. The molecule has 3 heterocycles. The summed E-state index contributed by atoms with van der Waals surface area (Å²) in [6, 6.07) is 14.0. The van der Waals surface area contributed by atoms with E-state index < -0.39 is 35.6 Å². The van der Waals surface area contributed by atoms with Crippen LogP contribution in [0, 0.1) is 31.6 Å². The van der Waals surface area contributed by atoms with Crippen LogP contribution in [0.2, 0.25) is 0 Å². The zero-order valence-corrected chi connectivity index (χ0v) is 27.0. The van der Waals surface area contributed by atoms with Crippen LogP contribution in [0.25, 0.3) is 0 Å². The summed E-state index contributed by atoms with van der Waals surface area (Å²) >= 11 is 0. The molecule has 0 radical (unpaired) electrons. The van der Waals surface area contributed by atoms with Crippen molar-refractivity contribution in [1.82, 2.24) is 9.80 Å². The monoisotopic (exact) mass is 613 g/mol. The summed E-state index contributed by atoms with van der Waals surface area (Å²) in [6.07, 6.45) is 4.67. The van der Waals surface area contributed by atoms with Crippen molar-refractivity contribution in [2.75, 3.05) is 24.6 Å². The van der Waals surface area contributed by atoms with Crippen molar-refractivity contribution >= 4 is 23.4 Å². The Morgan fingerprint density at radius 1 is 1.07 bits per heavy atom. The molecule has 3 aliphatic rings. The molecular formula is C37H47N3O5. The minimum absolute atomic E-state index is 0.0841. The van der Waals surface area contributed by atoms with Crippen LogP contribution in [0.5, 0.6) is 0 Å². The van der Waals surface area contributed by atoms with Crippen LogP contribution in [-0.4, -0.2) is 76.1 Å². The van der Waals surface area contributed by atoms with Crippen molar-refractivity contribution in [3.63, 3.8) is 0 Å². The second-order valence-electron chi connectivity index (χ2n) is 12.9. The largest absolute Gasteiger partial charge is 0.394 e. The molecular weight excluding hydrogens is 566 g/mol. The maximum Gasteiger partial charge on any atom is 0.253 e. The van der Waals surface area contributed by atoms with Gasteiger partial charge in [-0.15, -0.1) is 13.2 Å². The molecule has 7 atom stereocenters. The quantitative estimate of drug-likeness (QED) is 0.328. The van der Waals surface area contributed by atoms with E-state index in [0.29, 0.717) is 32.4 Å². The van der Waals surface area contributed by atoms with Gasteiger partial charge < -0.3 is 24.5 Å². The topological polar surface area (TPSA) is 90.4 Å². The molecule has 3 saturated heterocycles. The Morgan fingerprint density at radius 2 is 1.73 bits per heavy atom. The molecule has 1 N–H and O–H groups in total. The number of carbonyl (C=O) groups is 3. The van der Waals surface area contributed by atoms with Crippen LogP contribution in [0.15, 0.2) is 73.8 Å². The lowest BCUT2D eigenvalue weighted by molar-refractivity contribution is -0.148. The molecule has 2 aromatic carbocycles. The van der Waals surface area contributed by atoms with Crippen molar-refractivity contribution in [1.29, 1.82) is 0 Å². The van der Waals surface area contributed by atoms with E-state index >= 15 is 4.79 Å². The van der Waals surface area contributed by atoms with Crippen molar-refractivity contribution in [2.24, 2.45) is 17.8 Å². The number of hydrogen-bond donors (Lipinski definition) is 1. The number of nitrogens with zero attached hydrogens (tertiary/aromatic N) is 3. The highest BCUT2D eigenvalue weighted by atomic mass is 16.5. The van der Waals surface area contributed by atoms with Crippen LogP contribution in [-0.2, 0) is 25.7 Å². The van der Waals surface area contributed by atoms with E-state index in [-0.39, 0.29) is 36.8 Å². The molecule has 8 heteroatoms. The van der Waals surface area contributed by atoms with Gasteiger partial charge in [-0.25, -0.2) is 0 Å². The lowest BCUT2D eigenvalue weighted by Crippen LogP contribution is -2.60. The number of para-hydroxylation sites is 1. The zero-order chi connectivity index (χ0) is 32.5. The van der Waals surface area contributed by atoms with Gasteiger partial charge in [0.1, 0.15) is 11.6 Å². The van der Waals surface area contributed by atoms with Gasteiger partial charge in [0.05, 0.1) is 30.6 Å². The van der Waals surface area contributed by atoms with Crippen LogP contribution >= 0.6 is 0 Å². The number of aliphatic hydroxyl groups is 1. The van der Waals surface area contributed by atoms with E-state index in [1.807, 2.05) is 76.2 Å². The normalized spacial score (nSPS) is 26.3. The van der Waals surface area contributed by atoms with Crippen LogP contribution in [0.4, 0.5) is 5.69 Å². The molecule has 8 nitrogen and oxygen atoms in total. The second-order valence-corrected chi connectivity index (χ2v) is 12.9. The number of fused-ring (bicyclic) bond motifs is 1. The number of carbonyl (C=O) groups excluding carboxylic acids is 3. The van der Waals surface area contributed by atoms with E-state index in [0.717, 1.165) is 22.4 Å². The molecule has 0 saturated carbocycles. The Morgan fingerprint density at radius 3 is 2.33 bits per heavy atom. The summed E-state index contributed by atoms with van der Waals surface area (Å²) in [4.78, 5) is 49.3. The van der Waals surface area contributed by atoms with Crippen molar-refractivity contribution in [2.45, 2.75) is 77.3 Å². The Balaban J connectivity index is 1.61. The Kier molecular flexibility index (Phi) is 9.65. The first-order chi connectivity index (χ1) is 21.6. The summed E-state index contributed by atoms with van der Waals surface area (Å²) in [6.45, 7) is 16.4. The molecule has 45 heavy (non-hydrogen) atoms. The van der Waals surface area contributed by atoms with Crippen LogP contribution < -0.4 is 4.90 Å². The molecule has 2 unspecified atom stereocenters. The van der Waals surface area contributed by atoms with Crippen LogP contribution in [0.3, 0.4) is 0 Å². The third kappa shape index (κ3) is 5.52. The molecule has 240 valence electrons. The fraction of sp³-hybridized carbons (Fsp3) is 0.486. The first-order valence-corrected chi connectivity index (χ1v) is 16.2. The lowest BCUT2D eigenvalue weighted by atomic mass is 9.70. The fourth-order valence-electron chi connectivity index (χ4n) is 8.03. The third-order valence-corrected chi connectivity index (χ3v) is 10.3. The Hall–Kier alpha value is -3.75. The van der Waals surface area contributed by atoms with E-state index in [4.69, 9.17) is 4.74 Å². The molecule has 0 aliphatic carbocycles. The number of anilines is 1. The maximum absolute atomic E-state index is 15.0. The average Bonchev–Trinajstić information content (AvgIpc) is 3.68. The minimum atomic E-state index is -1.18. The molecule has 2 bridgehead atoms. The van der Waals surface area contributed by atoms with Gasteiger partial charge in [-0.2, -0.15) is 0 Å². The Labute approximate surface area is 267 Å². The molecule has 0 aromatic heterocycles. The molecule has 3 aliphatic heterocycles. The molecule has 2 aromatic rings. The van der Waals surface area contributed by atoms with E-state index in [2.05, 4.69) is 13.2 Å². The molecule has 1 spiro atoms. The van der Waals surface area contributed by atoms with Crippen molar-refractivity contribution < 1.29 is 24.2 Å². The maximum atomic E-state index is 15.0. The number of aliphatic hydroxyl groups excluding tert-OH is 1. The molecule has 3 amide bonds. The highest BCUT2D eigenvalue weighted by Crippen LogP contribution is 2.59. The van der Waals surface area contributed by atoms with Gasteiger partial charge in [0.2, 0.25) is 11.8 Å². The van der Waals surface area contributed by atoms with Crippen molar-refractivity contribution in [3.8, 4) is 0 Å². The SMILES string of the molecule is C=CCN(Cc1ccccc1)C(=O)[C@@H]1[C@@H]2CCC3(O2)C(C(=O)N(CC=C)c2c(C)cccc2C)N([C@@H](CO)[C@@H](C)CC)C(=O)[C@H]13. The summed E-state index contributed by atoms with van der Waals surface area (Å²) < 4.78 is 6.77. The van der Waals surface area contributed by atoms with Crippen LogP contribution in [0.1, 0.15) is 49.8 Å². The standard InChI is InChI=1S/C37H47N3O5/c1-7-20-38(22-27-16-11-10-12-17-27)34(42)30-29-18-19-37(45-29)31(30)35(43)40(28(23-41)24(4)9-3)33(37)36(44)39(21-8-2)32-25(5)14-13-15-26(32)6/h7-8,10-17,24,28-31,33,41H,1-2,9,18-23H2,3-6H3/t24-,28-,29-,30+,31-,33?,37?/m0/s1.